The molecule has 4 heteroatoms. The summed E-state index contributed by atoms with van der Waals surface area (Å²) in [7, 11) is -2.79. The van der Waals surface area contributed by atoms with Crippen LogP contribution in [0.3, 0.4) is 0 Å². The van der Waals surface area contributed by atoms with E-state index in [0.29, 0.717) is 0 Å². The Morgan fingerprint density at radius 2 is 0.571 bits per heavy atom. The first-order valence-corrected chi connectivity index (χ1v) is 26.2. The van der Waals surface area contributed by atoms with Gasteiger partial charge in [-0.2, -0.15) is 0 Å². The monoisotopic (exact) mass is 907 g/mol. The fourth-order valence-electron chi connectivity index (χ4n) is 11.8. The zero-order valence-corrected chi connectivity index (χ0v) is 39.3. The Hall–Kier alpha value is -8.96. The number of hydrogen-bond donors (Lipinski definition) is 0. The lowest BCUT2D eigenvalue weighted by atomic mass is 10.0. The number of rotatable bonds is 8. The number of benzene rings is 11. The van der Waals surface area contributed by atoms with E-state index in [2.05, 4.69) is 287 Å². The number of aromatic nitrogens is 3. The first-order valence-electron chi connectivity index (χ1n) is 24.2. The molecule has 0 N–H and O–H groups in total. The molecule has 328 valence electrons. The number of para-hydroxylation sites is 4. The van der Waals surface area contributed by atoms with Gasteiger partial charge >= 0.3 is 0 Å². The van der Waals surface area contributed by atoms with Gasteiger partial charge in [-0.25, -0.2) is 0 Å². The van der Waals surface area contributed by atoms with Crippen molar-refractivity contribution in [3.05, 3.63) is 273 Å². The Kier molecular flexibility index (Phi) is 9.23. The molecule has 0 unspecified atom stereocenters. The van der Waals surface area contributed by atoms with Crippen molar-refractivity contribution >= 4 is 94.2 Å². The van der Waals surface area contributed by atoms with Gasteiger partial charge in [0.2, 0.25) is 0 Å². The van der Waals surface area contributed by atoms with Crippen LogP contribution >= 0.6 is 0 Å². The third-order valence-electron chi connectivity index (χ3n) is 14.7. The predicted octanol–water partition coefficient (Wildman–Crippen LogP) is 14.0. The molecule has 0 radical (unpaired) electrons. The van der Waals surface area contributed by atoms with E-state index in [9.17, 15) is 0 Å². The van der Waals surface area contributed by atoms with E-state index in [1.807, 2.05) is 0 Å². The maximum atomic E-state index is 2.53. The summed E-state index contributed by atoms with van der Waals surface area (Å²) in [6, 6.07) is 101. The molecule has 14 rings (SSSR count). The van der Waals surface area contributed by atoms with Crippen molar-refractivity contribution in [2.75, 3.05) is 0 Å². The van der Waals surface area contributed by atoms with Crippen LogP contribution in [0, 0.1) is 0 Å². The number of hydrogen-bond acceptors (Lipinski definition) is 0. The van der Waals surface area contributed by atoms with Crippen molar-refractivity contribution in [1.82, 2.24) is 13.7 Å². The molecule has 0 amide bonds. The van der Waals surface area contributed by atoms with Gasteiger partial charge in [-0.15, -0.1) is 0 Å². The van der Waals surface area contributed by atoms with Crippen LogP contribution in [0.1, 0.15) is 0 Å². The van der Waals surface area contributed by atoms with Crippen LogP contribution in [-0.2, 0) is 0 Å². The van der Waals surface area contributed by atoms with Crippen LogP contribution in [0.4, 0.5) is 0 Å². The molecule has 0 aliphatic rings. The molecule has 14 aromatic rings. The van der Waals surface area contributed by atoms with Crippen molar-refractivity contribution in [2.45, 2.75) is 0 Å². The molecule has 0 atom stereocenters. The van der Waals surface area contributed by atoms with Gasteiger partial charge in [-0.3, -0.25) is 0 Å². The van der Waals surface area contributed by atoms with Crippen LogP contribution in [-0.4, -0.2) is 21.8 Å². The maximum Gasteiger partial charge on any atom is 0.179 e. The normalized spacial score (nSPS) is 12.0. The molecule has 3 heterocycles. The second-order valence-electron chi connectivity index (χ2n) is 18.5. The number of fused-ring (bicyclic) bond motifs is 9. The average Bonchev–Trinajstić information content (AvgIpc) is 4.07. The van der Waals surface area contributed by atoms with E-state index in [1.165, 1.54) is 86.2 Å². The van der Waals surface area contributed by atoms with Gasteiger partial charge in [0.25, 0.3) is 0 Å². The van der Waals surface area contributed by atoms with Crippen LogP contribution < -0.4 is 20.7 Å². The van der Waals surface area contributed by atoms with Crippen LogP contribution in [0.25, 0.3) is 93.6 Å². The van der Waals surface area contributed by atoms with Crippen molar-refractivity contribution < 1.29 is 0 Å². The molecule has 0 aliphatic heterocycles. The Balaban J connectivity index is 1.04. The highest BCUT2D eigenvalue weighted by Crippen LogP contribution is 2.40. The Morgan fingerprint density at radius 3 is 1.06 bits per heavy atom. The molecule has 0 fully saturated rings. The lowest BCUT2D eigenvalue weighted by Gasteiger charge is -2.34. The molecule has 3 nitrogen and oxygen atoms in total. The summed E-state index contributed by atoms with van der Waals surface area (Å²) in [6.07, 6.45) is 0. The smallest absolute Gasteiger partial charge is 0.179 e. The molecular weight excluding hydrogens is 863 g/mol. The van der Waals surface area contributed by atoms with Gasteiger partial charge < -0.3 is 13.7 Å². The van der Waals surface area contributed by atoms with Gasteiger partial charge in [-0.05, 0) is 92.5 Å². The second kappa shape index (κ2) is 16.1. The molecule has 0 saturated heterocycles. The number of nitrogens with zero attached hydrogens (tertiary/aromatic N) is 3. The van der Waals surface area contributed by atoms with E-state index in [4.69, 9.17) is 0 Å². The summed E-state index contributed by atoms with van der Waals surface area (Å²) in [5.74, 6) is 0. The van der Waals surface area contributed by atoms with Gasteiger partial charge in [0.05, 0.1) is 33.1 Å². The fourth-order valence-corrected chi connectivity index (χ4v) is 16.5. The first kappa shape index (κ1) is 40.1. The van der Waals surface area contributed by atoms with Gasteiger partial charge in [0.1, 0.15) is 0 Å². The second-order valence-corrected chi connectivity index (χ2v) is 22.3. The summed E-state index contributed by atoms with van der Waals surface area (Å²) < 4.78 is 7.41. The Labute approximate surface area is 407 Å². The van der Waals surface area contributed by atoms with Gasteiger partial charge in [-0.1, -0.05) is 212 Å². The lowest BCUT2D eigenvalue weighted by molar-refractivity contribution is 1.13. The minimum atomic E-state index is -2.79. The minimum absolute atomic E-state index is 1.10. The van der Waals surface area contributed by atoms with Crippen molar-refractivity contribution in [1.29, 1.82) is 0 Å². The third kappa shape index (κ3) is 6.07. The maximum absolute atomic E-state index is 2.79. The van der Waals surface area contributed by atoms with Gasteiger partial charge in [0.15, 0.2) is 8.07 Å². The van der Waals surface area contributed by atoms with Crippen LogP contribution in [0.2, 0.25) is 0 Å². The summed E-state index contributed by atoms with van der Waals surface area (Å²) in [4.78, 5) is 0. The SMILES string of the molecule is c1ccc(-c2cc(-n3c4ccccc4c4cc([Si](c5ccccc5)(c5ccccc5)c5ccccc5)ccc43)cc(-n3c4ccccc4c4ccc(-n5c6ccccc6c6ccccc65)cc43)c2)cc1. The summed E-state index contributed by atoms with van der Waals surface area (Å²) >= 11 is 0. The zero-order chi connectivity index (χ0) is 46.2. The Morgan fingerprint density at radius 1 is 0.200 bits per heavy atom. The van der Waals surface area contributed by atoms with Crippen molar-refractivity contribution in [2.24, 2.45) is 0 Å². The molecule has 0 saturated carbocycles. The van der Waals surface area contributed by atoms with Gasteiger partial charge in [0, 0.05) is 49.4 Å². The highest BCUT2D eigenvalue weighted by molar-refractivity contribution is 7.20. The van der Waals surface area contributed by atoms with E-state index >= 15 is 0 Å². The zero-order valence-electron chi connectivity index (χ0n) is 38.3. The quantitative estimate of drug-likeness (QED) is 0.107. The predicted molar refractivity (Wildman–Crippen MR) is 299 cm³/mol. The highest BCUT2D eigenvalue weighted by atomic mass is 28.3. The summed E-state index contributed by atoms with van der Waals surface area (Å²) in [5.41, 5.74) is 12.8. The van der Waals surface area contributed by atoms with Crippen LogP contribution in [0.15, 0.2) is 273 Å². The van der Waals surface area contributed by atoms with E-state index in [0.717, 1.165) is 28.1 Å². The summed E-state index contributed by atoms with van der Waals surface area (Å²) in [5, 5.41) is 12.9. The molecule has 0 bridgehead atoms. The first-order chi connectivity index (χ1) is 34.7. The largest absolute Gasteiger partial charge is 0.309 e. The average molecular weight is 908 g/mol. The van der Waals surface area contributed by atoms with Crippen molar-refractivity contribution in [3.8, 4) is 28.2 Å². The van der Waals surface area contributed by atoms with E-state index < -0.39 is 8.07 Å². The Bertz CT molecular complexity index is 4130. The molecule has 70 heavy (non-hydrogen) atoms. The van der Waals surface area contributed by atoms with E-state index in [-0.39, 0.29) is 0 Å². The topological polar surface area (TPSA) is 14.8 Å². The molecule has 0 spiro atoms. The molecule has 11 aromatic carbocycles. The third-order valence-corrected chi connectivity index (χ3v) is 19.5. The highest BCUT2D eigenvalue weighted by Gasteiger charge is 2.41. The van der Waals surface area contributed by atoms with E-state index in [1.54, 1.807) is 0 Å². The molecular formula is C66H45N3Si. The standard InChI is InChI=1S/C66H45N3Si/c1-5-21-46(22-6-1)47-41-49(43-50(42-47)69-63-35-19-15-31-57(63)59-39-37-48(44-66(59)69)67-61-33-17-13-29-55(61)56-30-14-18-34-62(56)67)68-64-36-20-16-32-58(64)60-45-54(38-40-65(60)68)70(51-23-7-2-8-24-51,52-25-9-3-10-26-52)53-27-11-4-12-28-53/h1-45H. The molecule has 3 aromatic heterocycles. The lowest BCUT2D eigenvalue weighted by Crippen LogP contribution is -2.74. The summed E-state index contributed by atoms with van der Waals surface area (Å²) in [6.45, 7) is 0. The fraction of sp³-hybridized carbons (Fsp3) is 0. The minimum Gasteiger partial charge on any atom is -0.309 e. The van der Waals surface area contributed by atoms with Crippen molar-refractivity contribution in [3.63, 3.8) is 0 Å². The molecule has 0 aliphatic carbocycles. The van der Waals surface area contributed by atoms with Crippen LogP contribution in [0.5, 0.6) is 0 Å².